The van der Waals surface area contributed by atoms with Gasteiger partial charge in [-0.15, -0.1) is 0 Å². The van der Waals surface area contributed by atoms with Crippen LogP contribution < -0.4 is 9.64 Å². The number of ether oxygens (including phenoxy) is 1. The fourth-order valence-electron chi connectivity index (χ4n) is 2.75. The highest BCUT2D eigenvalue weighted by Gasteiger charge is 2.22. The number of carbonyl (C=O) groups is 1. The number of carbonyl (C=O) groups excluding carboxylic acids is 1. The van der Waals surface area contributed by atoms with Crippen LogP contribution in [0.2, 0.25) is 0 Å². The van der Waals surface area contributed by atoms with Gasteiger partial charge < -0.3 is 14.5 Å². The highest BCUT2D eigenvalue weighted by Crippen LogP contribution is 2.18. The average Bonchev–Trinajstić information content (AvgIpc) is 2.67. The van der Waals surface area contributed by atoms with Crippen molar-refractivity contribution in [2.75, 3.05) is 38.2 Å². The Morgan fingerprint density at radius 1 is 1.21 bits per heavy atom. The van der Waals surface area contributed by atoms with Gasteiger partial charge in [-0.3, -0.25) is 4.79 Å². The van der Waals surface area contributed by atoms with E-state index in [1.165, 1.54) is 0 Å². The normalized spacial score (nSPS) is 14.2. The van der Waals surface area contributed by atoms with Gasteiger partial charge in [0.25, 0.3) is 5.91 Å². The van der Waals surface area contributed by atoms with Crippen molar-refractivity contribution in [1.82, 2.24) is 9.88 Å². The number of nitriles is 1. The number of amides is 1. The first kappa shape index (κ1) is 15.8. The van der Waals surface area contributed by atoms with E-state index in [0.29, 0.717) is 30.1 Å². The number of hydrogen-bond donors (Lipinski definition) is 0. The summed E-state index contributed by atoms with van der Waals surface area (Å²) in [5, 5.41) is 8.80. The molecule has 0 spiro atoms. The molecule has 1 saturated heterocycles. The monoisotopic (exact) mass is 322 g/mol. The van der Waals surface area contributed by atoms with Crippen LogP contribution in [0.1, 0.15) is 16.1 Å². The molecule has 122 valence electrons. The number of aromatic nitrogens is 1. The summed E-state index contributed by atoms with van der Waals surface area (Å²) < 4.78 is 5.18. The molecule has 1 amide bonds. The Bertz CT molecular complexity index is 759. The third-order valence-electron chi connectivity index (χ3n) is 4.11. The van der Waals surface area contributed by atoms with Gasteiger partial charge in [-0.1, -0.05) is 6.07 Å². The third-order valence-corrected chi connectivity index (χ3v) is 4.11. The second-order valence-corrected chi connectivity index (χ2v) is 5.52. The van der Waals surface area contributed by atoms with Crippen molar-refractivity contribution in [2.24, 2.45) is 0 Å². The molecular weight excluding hydrogens is 304 g/mol. The predicted octanol–water partition coefficient (Wildman–Crippen LogP) is 1.92. The number of benzene rings is 1. The maximum absolute atomic E-state index is 12.6. The Kier molecular flexibility index (Phi) is 4.62. The number of methoxy groups -OCH3 is 1. The summed E-state index contributed by atoms with van der Waals surface area (Å²) in [6.45, 7) is 2.78. The Balaban J connectivity index is 1.63. The van der Waals surface area contributed by atoms with Crippen molar-refractivity contribution in [3.63, 3.8) is 0 Å². The summed E-state index contributed by atoms with van der Waals surface area (Å²) in [6.07, 6.45) is 1.71. The summed E-state index contributed by atoms with van der Waals surface area (Å²) in [6, 6.07) is 12.8. The van der Waals surface area contributed by atoms with E-state index in [1.807, 2.05) is 35.2 Å². The number of piperazine rings is 1. The number of anilines is 1. The minimum atomic E-state index is 0.0199. The van der Waals surface area contributed by atoms with Gasteiger partial charge in [-0.05, 0) is 30.3 Å². The molecule has 1 aliphatic rings. The SMILES string of the molecule is COc1cccc(C(=O)N2CCN(c3ccc(C#N)nc3)CC2)c1. The van der Waals surface area contributed by atoms with Crippen molar-refractivity contribution in [3.8, 4) is 11.8 Å². The molecule has 1 fully saturated rings. The lowest BCUT2D eigenvalue weighted by atomic mass is 10.1. The first-order valence-electron chi connectivity index (χ1n) is 7.75. The molecule has 2 heterocycles. The molecule has 24 heavy (non-hydrogen) atoms. The van der Waals surface area contributed by atoms with Crippen molar-refractivity contribution < 1.29 is 9.53 Å². The number of pyridine rings is 1. The zero-order valence-corrected chi connectivity index (χ0v) is 13.5. The highest BCUT2D eigenvalue weighted by molar-refractivity contribution is 5.94. The van der Waals surface area contributed by atoms with Gasteiger partial charge >= 0.3 is 0 Å². The lowest BCUT2D eigenvalue weighted by Gasteiger charge is -2.36. The van der Waals surface area contributed by atoms with Crippen LogP contribution in [0.3, 0.4) is 0 Å². The molecule has 0 saturated carbocycles. The first-order valence-corrected chi connectivity index (χ1v) is 7.75. The standard InChI is InChI=1S/C18H18N4O2/c1-24-17-4-2-3-14(11-17)18(23)22-9-7-21(8-10-22)16-6-5-15(12-19)20-13-16/h2-6,11,13H,7-10H2,1H3. The van der Waals surface area contributed by atoms with Crippen molar-refractivity contribution in [2.45, 2.75) is 0 Å². The van der Waals surface area contributed by atoms with Gasteiger partial charge in [0, 0.05) is 31.7 Å². The molecule has 6 heteroatoms. The molecule has 2 aromatic rings. The first-order chi connectivity index (χ1) is 11.7. The summed E-state index contributed by atoms with van der Waals surface area (Å²) >= 11 is 0. The van der Waals surface area contributed by atoms with Gasteiger partial charge in [0.05, 0.1) is 19.0 Å². The number of rotatable bonds is 3. The maximum Gasteiger partial charge on any atom is 0.254 e. The van der Waals surface area contributed by atoms with Crippen LogP contribution in [0.15, 0.2) is 42.6 Å². The van der Waals surface area contributed by atoms with E-state index in [1.54, 1.807) is 25.4 Å². The van der Waals surface area contributed by atoms with Crippen molar-refractivity contribution >= 4 is 11.6 Å². The van der Waals surface area contributed by atoms with E-state index in [0.717, 1.165) is 18.8 Å². The minimum Gasteiger partial charge on any atom is -0.497 e. The van der Waals surface area contributed by atoms with E-state index in [9.17, 15) is 4.79 Å². The smallest absolute Gasteiger partial charge is 0.254 e. The van der Waals surface area contributed by atoms with E-state index in [2.05, 4.69) is 9.88 Å². The zero-order chi connectivity index (χ0) is 16.9. The summed E-state index contributed by atoms with van der Waals surface area (Å²) in [7, 11) is 1.59. The second-order valence-electron chi connectivity index (χ2n) is 5.52. The van der Waals surface area contributed by atoms with Gasteiger partial charge in [0.2, 0.25) is 0 Å². The number of hydrogen-bond acceptors (Lipinski definition) is 5. The summed E-state index contributed by atoms with van der Waals surface area (Å²) in [4.78, 5) is 20.7. The zero-order valence-electron chi connectivity index (χ0n) is 13.5. The summed E-state index contributed by atoms with van der Waals surface area (Å²) in [5.41, 5.74) is 2.02. The lowest BCUT2D eigenvalue weighted by Crippen LogP contribution is -2.48. The lowest BCUT2D eigenvalue weighted by molar-refractivity contribution is 0.0746. The number of nitrogens with zero attached hydrogens (tertiary/aromatic N) is 4. The van der Waals surface area contributed by atoms with Crippen LogP contribution in [0.4, 0.5) is 5.69 Å². The van der Waals surface area contributed by atoms with Crippen LogP contribution >= 0.6 is 0 Å². The molecule has 6 nitrogen and oxygen atoms in total. The van der Waals surface area contributed by atoms with Crippen molar-refractivity contribution in [3.05, 3.63) is 53.9 Å². The van der Waals surface area contributed by atoms with Crippen LogP contribution in [-0.4, -0.2) is 49.1 Å². The molecular formula is C18H18N4O2. The molecule has 1 aromatic heterocycles. The van der Waals surface area contributed by atoms with Crippen LogP contribution in [0.25, 0.3) is 0 Å². The molecule has 0 aliphatic carbocycles. The van der Waals surface area contributed by atoms with Crippen LogP contribution in [0, 0.1) is 11.3 Å². The van der Waals surface area contributed by atoms with E-state index < -0.39 is 0 Å². The topological polar surface area (TPSA) is 69.5 Å². The summed E-state index contributed by atoms with van der Waals surface area (Å²) in [5.74, 6) is 0.703. The van der Waals surface area contributed by atoms with E-state index >= 15 is 0 Å². The van der Waals surface area contributed by atoms with Crippen molar-refractivity contribution in [1.29, 1.82) is 5.26 Å². The van der Waals surface area contributed by atoms with Crippen LogP contribution in [0.5, 0.6) is 5.75 Å². The Morgan fingerprint density at radius 2 is 2.00 bits per heavy atom. The predicted molar refractivity (Wildman–Crippen MR) is 90.1 cm³/mol. The highest BCUT2D eigenvalue weighted by atomic mass is 16.5. The minimum absolute atomic E-state index is 0.0199. The van der Waals surface area contributed by atoms with Gasteiger partial charge in [-0.25, -0.2) is 4.98 Å². The van der Waals surface area contributed by atoms with Gasteiger partial charge in [0.1, 0.15) is 17.5 Å². The fourth-order valence-corrected chi connectivity index (χ4v) is 2.75. The Morgan fingerprint density at radius 3 is 2.62 bits per heavy atom. The average molecular weight is 322 g/mol. The molecule has 1 aromatic carbocycles. The maximum atomic E-state index is 12.6. The Hall–Kier alpha value is -3.07. The third kappa shape index (κ3) is 3.30. The molecule has 0 bridgehead atoms. The fraction of sp³-hybridized carbons (Fsp3) is 0.278. The Labute approximate surface area is 140 Å². The van der Waals surface area contributed by atoms with E-state index in [-0.39, 0.29) is 5.91 Å². The molecule has 0 radical (unpaired) electrons. The molecule has 1 aliphatic heterocycles. The van der Waals surface area contributed by atoms with Gasteiger partial charge in [-0.2, -0.15) is 5.26 Å². The molecule has 0 N–H and O–H groups in total. The largest absolute Gasteiger partial charge is 0.497 e. The van der Waals surface area contributed by atoms with E-state index in [4.69, 9.17) is 10.00 Å². The molecule has 0 atom stereocenters. The second kappa shape index (κ2) is 7.01. The van der Waals surface area contributed by atoms with Gasteiger partial charge in [0.15, 0.2) is 0 Å². The molecule has 3 rings (SSSR count). The van der Waals surface area contributed by atoms with Crippen LogP contribution in [-0.2, 0) is 0 Å². The quantitative estimate of drug-likeness (QED) is 0.863. The molecule has 0 unspecified atom stereocenters.